The molecule has 0 radical (unpaired) electrons. The van der Waals surface area contributed by atoms with Crippen LogP contribution in [0.25, 0.3) is 16.0 Å². The van der Waals surface area contributed by atoms with Gasteiger partial charge in [0.25, 0.3) is 5.78 Å². The summed E-state index contributed by atoms with van der Waals surface area (Å²) in [7, 11) is 1.59. The van der Waals surface area contributed by atoms with Gasteiger partial charge in [-0.25, -0.2) is 4.98 Å². The number of thiazole rings is 1. The van der Waals surface area contributed by atoms with Crippen molar-refractivity contribution in [1.29, 1.82) is 0 Å². The summed E-state index contributed by atoms with van der Waals surface area (Å²) < 4.78 is 11.9. The lowest BCUT2D eigenvalue weighted by molar-refractivity contribution is -0.132. The second kappa shape index (κ2) is 8.74. The Kier molecular flexibility index (Phi) is 5.49. The molecular weight excluding hydrogens is 488 g/mol. The van der Waals surface area contributed by atoms with E-state index >= 15 is 0 Å². The molecular formula is C29H24N2O5S. The van der Waals surface area contributed by atoms with Gasteiger partial charge in [-0.2, -0.15) is 0 Å². The molecule has 3 heterocycles. The summed E-state index contributed by atoms with van der Waals surface area (Å²) >= 11 is 1.30. The second-order valence-corrected chi connectivity index (χ2v) is 10.4. The van der Waals surface area contributed by atoms with E-state index in [0.29, 0.717) is 33.9 Å². The highest BCUT2D eigenvalue weighted by Crippen LogP contribution is 2.45. The molecule has 2 aliphatic heterocycles. The molecule has 8 heteroatoms. The number of ether oxygens (including phenoxy) is 2. The Morgan fingerprint density at radius 2 is 1.89 bits per heavy atom. The number of methoxy groups -OCH3 is 1. The van der Waals surface area contributed by atoms with Crippen molar-refractivity contribution in [1.82, 2.24) is 4.98 Å². The summed E-state index contributed by atoms with van der Waals surface area (Å²) in [6.45, 7) is 3.95. The Morgan fingerprint density at radius 1 is 1.11 bits per heavy atom. The van der Waals surface area contributed by atoms with Gasteiger partial charge in [-0.1, -0.05) is 41.2 Å². The van der Waals surface area contributed by atoms with Gasteiger partial charge in [0.1, 0.15) is 23.4 Å². The third kappa shape index (κ3) is 3.84. The maximum Gasteiger partial charge on any atom is 0.301 e. The quantitative estimate of drug-likeness (QED) is 0.219. The van der Waals surface area contributed by atoms with Gasteiger partial charge in [-0.3, -0.25) is 14.5 Å². The maximum absolute atomic E-state index is 13.5. The van der Waals surface area contributed by atoms with E-state index in [4.69, 9.17) is 9.47 Å². The first-order chi connectivity index (χ1) is 17.8. The van der Waals surface area contributed by atoms with E-state index in [2.05, 4.69) is 4.98 Å². The first kappa shape index (κ1) is 23.2. The number of aryl methyl sites for hydroxylation is 1. The predicted molar refractivity (Wildman–Crippen MR) is 142 cm³/mol. The zero-order valence-corrected chi connectivity index (χ0v) is 21.3. The molecule has 3 aromatic carbocycles. The lowest BCUT2D eigenvalue weighted by Gasteiger charge is -2.23. The number of carbonyl (C=O) groups excluding carboxylic acids is 2. The molecule has 0 bridgehead atoms. The molecule has 4 aromatic rings. The van der Waals surface area contributed by atoms with Crippen LogP contribution < -0.4 is 14.4 Å². The van der Waals surface area contributed by atoms with E-state index in [0.717, 1.165) is 21.6 Å². The Hall–Kier alpha value is -4.17. The Bertz CT molecular complexity index is 1600. The average molecular weight is 513 g/mol. The van der Waals surface area contributed by atoms with Crippen LogP contribution in [0.1, 0.15) is 35.2 Å². The highest BCUT2D eigenvalue weighted by atomic mass is 32.1. The van der Waals surface area contributed by atoms with E-state index in [1.54, 1.807) is 25.3 Å². The summed E-state index contributed by atoms with van der Waals surface area (Å²) in [4.78, 5) is 33.0. The van der Waals surface area contributed by atoms with Crippen LogP contribution in [0.3, 0.4) is 0 Å². The minimum Gasteiger partial charge on any atom is -0.507 e. The standard InChI is InChI=1S/C29H24N2O5S/c1-15-4-6-17(7-5-15)25-24(26(32)18-8-11-22-19(13-18)12-16(2)36-22)27(33)28(34)31(25)29-30-21-10-9-20(35-3)14-23(21)37-29/h4-11,13-14,16,25,32H,12H2,1-3H3/t16-,25-/m0/s1. The number of anilines is 1. The van der Waals surface area contributed by atoms with Gasteiger partial charge >= 0.3 is 5.91 Å². The third-order valence-electron chi connectivity index (χ3n) is 6.80. The molecule has 2 aliphatic rings. The van der Waals surface area contributed by atoms with Gasteiger partial charge < -0.3 is 14.6 Å². The lowest BCUT2D eigenvalue weighted by Crippen LogP contribution is -2.29. The predicted octanol–water partition coefficient (Wildman–Crippen LogP) is 5.56. The van der Waals surface area contributed by atoms with E-state index in [-0.39, 0.29) is 17.4 Å². The number of fused-ring (bicyclic) bond motifs is 2. The molecule has 1 amide bonds. The number of amides is 1. The SMILES string of the molecule is COc1ccc2nc(N3C(=O)C(=O)C(=C(O)c4ccc5c(c4)C[C@H](C)O5)[C@@H]3c3ccc(C)cc3)sc2c1. The molecule has 186 valence electrons. The molecule has 1 N–H and O–H groups in total. The molecule has 37 heavy (non-hydrogen) atoms. The number of aliphatic hydroxyl groups is 1. The molecule has 1 saturated heterocycles. The fourth-order valence-corrected chi connectivity index (χ4v) is 5.96. The van der Waals surface area contributed by atoms with Crippen molar-refractivity contribution < 1.29 is 24.2 Å². The number of carbonyl (C=O) groups is 2. The Labute approximate surface area is 217 Å². The van der Waals surface area contributed by atoms with Crippen molar-refractivity contribution in [3.05, 3.63) is 88.5 Å². The van der Waals surface area contributed by atoms with E-state index in [9.17, 15) is 14.7 Å². The molecule has 0 unspecified atom stereocenters. The first-order valence-corrected chi connectivity index (χ1v) is 12.8. The van der Waals surface area contributed by atoms with Crippen molar-refractivity contribution in [2.45, 2.75) is 32.4 Å². The van der Waals surface area contributed by atoms with Crippen LogP contribution in [0.15, 0.2) is 66.2 Å². The van der Waals surface area contributed by atoms with Crippen molar-refractivity contribution >= 4 is 44.1 Å². The number of aromatic nitrogens is 1. The third-order valence-corrected chi connectivity index (χ3v) is 7.81. The smallest absolute Gasteiger partial charge is 0.301 e. The molecule has 6 rings (SSSR count). The van der Waals surface area contributed by atoms with Crippen LogP contribution in [0.5, 0.6) is 11.5 Å². The van der Waals surface area contributed by atoms with E-state index < -0.39 is 17.7 Å². The van der Waals surface area contributed by atoms with Crippen LogP contribution in [-0.2, 0) is 16.0 Å². The summed E-state index contributed by atoms with van der Waals surface area (Å²) in [5.41, 5.74) is 3.91. The first-order valence-electron chi connectivity index (χ1n) is 12.0. The minimum atomic E-state index is -0.827. The Morgan fingerprint density at radius 3 is 2.65 bits per heavy atom. The number of hydrogen-bond donors (Lipinski definition) is 1. The summed E-state index contributed by atoms with van der Waals surface area (Å²) in [6, 6.07) is 17.6. The van der Waals surface area contributed by atoms with Crippen molar-refractivity contribution in [2.75, 3.05) is 12.0 Å². The molecule has 1 aromatic heterocycles. The fraction of sp³-hybridized carbons (Fsp3) is 0.207. The van der Waals surface area contributed by atoms with E-state index in [1.807, 2.05) is 56.3 Å². The van der Waals surface area contributed by atoms with E-state index in [1.165, 1.54) is 16.2 Å². The van der Waals surface area contributed by atoms with Crippen LogP contribution in [0.2, 0.25) is 0 Å². The minimum absolute atomic E-state index is 0.0394. The van der Waals surface area contributed by atoms with Crippen molar-refractivity contribution in [2.24, 2.45) is 0 Å². The van der Waals surface area contributed by atoms with Crippen LogP contribution >= 0.6 is 11.3 Å². The lowest BCUT2D eigenvalue weighted by atomic mass is 9.94. The molecule has 0 saturated carbocycles. The summed E-state index contributed by atoms with van der Waals surface area (Å²) in [5.74, 6) is -0.239. The highest BCUT2D eigenvalue weighted by Gasteiger charge is 2.48. The largest absolute Gasteiger partial charge is 0.507 e. The number of benzene rings is 3. The Balaban J connectivity index is 1.52. The van der Waals surface area contributed by atoms with Gasteiger partial charge in [0.05, 0.1) is 28.9 Å². The number of rotatable bonds is 4. The number of nitrogens with zero attached hydrogens (tertiary/aromatic N) is 2. The molecule has 7 nitrogen and oxygen atoms in total. The summed E-state index contributed by atoms with van der Waals surface area (Å²) in [6.07, 6.45) is 0.754. The van der Waals surface area contributed by atoms with Crippen molar-refractivity contribution in [3.63, 3.8) is 0 Å². The highest BCUT2D eigenvalue weighted by molar-refractivity contribution is 7.22. The number of hydrogen-bond acceptors (Lipinski definition) is 7. The zero-order valence-electron chi connectivity index (χ0n) is 20.5. The van der Waals surface area contributed by atoms with Crippen molar-refractivity contribution in [3.8, 4) is 11.5 Å². The van der Waals surface area contributed by atoms with Crippen LogP contribution in [0.4, 0.5) is 5.13 Å². The monoisotopic (exact) mass is 512 g/mol. The molecule has 0 aliphatic carbocycles. The number of aliphatic hydroxyl groups excluding tert-OH is 1. The molecule has 1 fully saturated rings. The topological polar surface area (TPSA) is 89.0 Å². The fourth-order valence-electron chi connectivity index (χ4n) is 4.94. The average Bonchev–Trinajstić information content (AvgIpc) is 3.55. The van der Waals surface area contributed by atoms with Gasteiger partial charge in [-0.05, 0) is 61.4 Å². The van der Waals surface area contributed by atoms with Gasteiger partial charge in [0.15, 0.2) is 5.13 Å². The second-order valence-electron chi connectivity index (χ2n) is 9.36. The van der Waals surface area contributed by atoms with Gasteiger partial charge in [-0.15, -0.1) is 0 Å². The summed E-state index contributed by atoms with van der Waals surface area (Å²) in [5, 5.41) is 11.9. The molecule has 0 spiro atoms. The van der Waals surface area contributed by atoms with Crippen LogP contribution in [-0.4, -0.2) is 35.0 Å². The normalized spacial score (nSPS) is 20.4. The number of ketones is 1. The maximum atomic E-state index is 13.5. The zero-order chi connectivity index (χ0) is 25.8. The van der Waals surface area contributed by atoms with Crippen LogP contribution in [0, 0.1) is 6.92 Å². The number of Topliss-reactive ketones (excluding diaryl/α,β-unsaturated/α-hetero) is 1. The van der Waals surface area contributed by atoms with Gasteiger partial charge in [0, 0.05) is 12.0 Å². The van der Waals surface area contributed by atoms with Gasteiger partial charge in [0.2, 0.25) is 0 Å². The molecule has 2 atom stereocenters.